The van der Waals surface area contributed by atoms with Crippen molar-refractivity contribution in [2.45, 2.75) is 70.4 Å². The zero-order valence-electron chi connectivity index (χ0n) is 14.6. The second-order valence-corrected chi connectivity index (χ2v) is 7.28. The number of aromatic nitrogens is 4. The van der Waals surface area contributed by atoms with Gasteiger partial charge in [-0.2, -0.15) is 0 Å². The van der Waals surface area contributed by atoms with Gasteiger partial charge in [-0.3, -0.25) is 4.79 Å². The lowest BCUT2D eigenvalue weighted by atomic mass is 9.94. The normalized spacial score (nSPS) is 23.8. The molecule has 1 aromatic rings. The third-order valence-electron chi connectivity index (χ3n) is 5.44. The minimum absolute atomic E-state index is 0.0945. The van der Waals surface area contributed by atoms with Gasteiger partial charge in [0.2, 0.25) is 5.91 Å². The van der Waals surface area contributed by atoms with E-state index in [1.165, 1.54) is 57.9 Å². The first-order valence-electron chi connectivity index (χ1n) is 9.53. The molecule has 0 bridgehead atoms. The first kappa shape index (κ1) is 17.3. The molecule has 7 heteroatoms. The molecule has 1 aliphatic carbocycles. The molecule has 2 heterocycles. The van der Waals surface area contributed by atoms with Gasteiger partial charge in [-0.05, 0) is 48.6 Å². The Labute approximate surface area is 144 Å². The molecule has 1 aromatic heterocycles. The molecule has 0 spiro atoms. The molecular formula is C17H30N6O. The van der Waals surface area contributed by atoms with Crippen LogP contribution in [0.4, 0.5) is 0 Å². The van der Waals surface area contributed by atoms with Crippen LogP contribution in [0, 0.1) is 5.92 Å². The number of tetrazole rings is 1. The third kappa shape index (κ3) is 5.26. The van der Waals surface area contributed by atoms with Crippen molar-refractivity contribution in [3.05, 3.63) is 6.33 Å². The number of nitrogens with one attached hydrogen (secondary N) is 1. The number of hydrogen-bond acceptors (Lipinski definition) is 5. The number of piperidine rings is 1. The van der Waals surface area contributed by atoms with Crippen LogP contribution in [0.5, 0.6) is 0 Å². The number of nitrogens with zero attached hydrogens (tertiary/aromatic N) is 5. The highest BCUT2D eigenvalue weighted by Gasteiger charge is 2.26. The number of hydrogen-bond donors (Lipinski definition) is 1. The molecule has 2 aliphatic rings. The Morgan fingerprint density at radius 3 is 2.71 bits per heavy atom. The van der Waals surface area contributed by atoms with Crippen molar-refractivity contribution in [2.75, 3.05) is 19.6 Å². The number of aryl methyl sites for hydroxylation is 1. The number of rotatable bonds is 6. The van der Waals surface area contributed by atoms with Crippen molar-refractivity contribution >= 4 is 5.91 Å². The number of likely N-dealkylation sites (tertiary alicyclic amines) is 1. The van der Waals surface area contributed by atoms with Crippen LogP contribution < -0.4 is 5.32 Å². The molecule has 1 saturated heterocycles. The van der Waals surface area contributed by atoms with Gasteiger partial charge < -0.3 is 10.2 Å². The summed E-state index contributed by atoms with van der Waals surface area (Å²) in [5.74, 6) is 0.691. The number of carbonyl (C=O) groups is 1. The van der Waals surface area contributed by atoms with E-state index in [0.29, 0.717) is 18.9 Å². The van der Waals surface area contributed by atoms with Crippen molar-refractivity contribution in [3.8, 4) is 0 Å². The van der Waals surface area contributed by atoms with Gasteiger partial charge in [-0.1, -0.05) is 25.7 Å². The largest absolute Gasteiger partial charge is 0.356 e. The highest BCUT2D eigenvalue weighted by Crippen LogP contribution is 2.26. The van der Waals surface area contributed by atoms with Crippen molar-refractivity contribution in [1.82, 2.24) is 30.4 Å². The van der Waals surface area contributed by atoms with Crippen LogP contribution in [0.3, 0.4) is 0 Å². The molecule has 0 aromatic carbocycles. The van der Waals surface area contributed by atoms with Gasteiger partial charge in [0.05, 0.1) is 6.54 Å². The smallest absolute Gasteiger partial charge is 0.221 e. The Kier molecular flexibility index (Phi) is 6.57. The van der Waals surface area contributed by atoms with Gasteiger partial charge in [-0.25, -0.2) is 4.68 Å². The summed E-state index contributed by atoms with van der Waals surface area (Å²) in [6, 6.07) is 0.783. The number of carbonyl (C=O) groups excluding carboxylic acids is 1. The summed E-state index contributed by atoms with van der Waals surface area (Å²) < 4.78 is 1.59. The molecule has 1 N–H and O–H groups in total. The lowest BCUT2D eigenvalue weighted by molar-refractivity contribution is -0.121. The first-order chi connectivity index (χ1) is 11.8. The van der Waals surface area contributed by atoms with E-state index in [4.69, 9.17) is 0 Å². The van der Waals surface area contributed by atoms with E-state index in [1.54, 1.807) is 11.0 Å². The predicted molar refractivity (Wildman–Crippen MR) is 91.2 cm³/mol. The van der Waals surface area contributed by atoms with Crippen molar-refractivity contribution < 1.29 is 4.79 Å². The van der Waals surface area contributed by atoms with Crippen LogP contribution in [0.1, 0.15) is 57.8 Å². The van der Waals surface area contributed by atoms with Crippen LogP contribution in [-0.4, -0.2) is 56.7 Å². The fraction of sp³-hybridized carbons (Fsp3) is 0.882. The van der Waals surface area contributed by atoms with E-state index in [-0.39, 0.29) is 5.91 Å². The van der Waals surface area contributed by atoms with E-state index in [1.807, 2.05) is 0 Å². The van der Waals surface area contributed by atoms with Gasteiger partial charge in [0.1, 0.15) is 6.33 Å². The molecule has 2 fully saturated rings. The Bertz CT molecular complexity index is 483. The zero-order chi connectivity index (χ0) is 16.6. The molecule has 24 heavy (non-hydrogen) atoms. The Balaban J connectivity index is 1.37. The van der Waals surface area contributed by atoms with Crippen molar-refractivity contribution in [3.63, 3.8) is 0 Å². The molecule has 7 nitrogen and oxygen atoms in total. The maximum Gasteiger partial charge on any atom is 0.221 e. The predicted octanol–water partition coefficient (Wildman–Crippen LogP) is 1.61. The molecule has 1 unspecified atom stereocenters. The standard InChI is InChI=1S/C17H30N6O/c24-17(9-11-23-14-19-20-21-23)18-12-15-6-5-10-22(13-15)16-7-3-1-2-4-8-16/h14-16H,1-13H2,(H,18,24). The lowest BCUT2D eigenvalue weighted by Gasteiger charge is -2.38. The first-order valence-corrected chi connectivity index (χ1v) is 9.53. The van der Waals surface area contributed by atoms with Gasteiger partial charge in [0.25, 0.3) is 0 Å². The van der Waals surface area contributed by atoms with E-state index >= 15 is 0 Å². The minimum atomic E-state index is 0.0945. The third-order valence-corrected chi connectivity index (χ3v) is 5.44. The molecule has 1 saturated carbocycles. The van der Waals surface area contributed by atoms with Crippen LogP contribution in [-0.2, 0) is 11.3 Å². The molecule has 3 rings (SSSR count). The fourth-order valence-electron chi connectivity index (χ4n) is 4.06. The van der Waals surface area contributed by atoms with Crippen molar-refractivity contribution in [2.24, 2.45) is 5.92 Å². The SMILES string of the molecule is O=C(CCn1cnnn1)NCC1CCCN(C2CCCCCC2)C1. The fourth-order valence-corrected chi connectivity index (χ4v) is 4.06. The summed E-state index contributed by atoms with van der Waals surface area (Å²) in [4.78, 5) is 14.7. The Morgan fingerprint density at radius 2 is 1.96 bits per heavy atom. The molecule has 134 valence electrons. The lowest BCUT2D eigenvalue weighted by Crippen LogP contribution is -2.45. The Morgan fingerprint density at radius 1 is 1.12 bits per heavy atom. The van der Waals surface area contributed by atoms with Gasteiger partial charge in [0.15, 0.2) is 0 Å². The average molecular weight is 334 g/mol. The number of amides is 1. The maximum atomic E-state index is 12.0. The average Bonchev–Trinajstić information content (AvgIpc) is 2.98. The molecule has 1 atom stereocenters. The minimum Gasteiger partial charge on any atom is -0.356 e. The molecule has 0 radical (unpaired) electrons. The molecular weight excluding hydrogens is 304 g/mol. The van der Waals surface area contributed by atoms with E-state index < -0.39 is 0 Å². The van der Waals surface area contributed by atoms with Crippen molar-refractivity contribution in [1.29, 1.82) is 0 Å². The second-order valence-electron chi connectivity index (χ2n) is 7.28. The van der Waals surface area contributed by atoms with Gasteiger partial charge >= 0.3 is 0 Å². The highest BCUT2D eigenvalue weighted by molar-refractivity contribution is 5.75. The summed E-state index contributed by atoms with van der Waals surface area (Å²) >= 11 is 0. The van der Waals surface area contributed by atoms with E-state index in [2.05, 4.69) is 25.7 Å². The summed E-state index contributed by atoms with van der Waals surface area (Å²) in [5, 5.41) is 14.0. The van der Waals surface area contributed by atoms with E-state index in [9.17, 15) is 4.79 Å². The molecule has 1 aliphatic heterocycles. The van der Waals surface area contributed by atoms with Crippen LogP contribution >= 0.6 is 0 Å². The summed E-state index contributed by atoms with van der Waals surface area (Å²) in [6.07, 6.45) is 12.8. The topological polar surface area (TPSA) is 75.9 Å². The van der Waals surface area contributed by atoms with Crippen LogP contribution in [0.25, 0.3) is 0 Å². The summed E-state index contributed by atoms with van der Waals surface area (Å²) in [6.45, 7) is 3.74. The quantitative estimate of drug-likeness (QED) is 0.800. The summed E-state index contributed by atoms with van der Waals surface area (Å²) in [5.41, 5.74) is 0. The maximum absolute atomic E-state index is 12.0. The zero-order valence-corrected chi connectivity index (χ0v) is 14.6. The van der Waals surface area contributed by atoms with Crippen LogP contribution in [0.15, 0.2) is 6.33 Å². The van der Waals surface area contributed by atoms with E-state index in [0.717, 1.165) is 19.1 Å². The highest BCUT2D eigenvalue weighted by atomic mass is 16.1. The monoisotopic (exact) mass is 334 g/mol. The molecule has 1 amide bonds. The van der Waals surface area contributed by atoms with Gasteiger partial charge in [0, 0.05) is 25.6 Å². The summed E-state index contributed by atoms with van der Waals surface area (Å²) in [7, 11) is 0. The van der Waals surface area contributed by atoms with Gasteiger partial charge in [-0.15, -0.1) is 5.10 Å². The van der Waals surface area contributed by atoms with Crippen LogP contribution in [0.2, 0.25) is 0 Å². The second kappa shape index (κ2) is 9.11. The Hall–Kier alpha value is -1.50.